The summed E-state index contributed by atoms with van der Waals surface area (Å²) < 4.78 is 35.1. The third-order valence-electron chi connectivity index (χ3n) is 10.2. The number of hydrogen-bond acceptors (Lipinski definition) is 20. The second-order valence-electron chi connectivity index (χ2n) is 13.5. The van der Waals surface area contributed by atoms with E-state index in [2.05, 4.69) is 5.32 Å². The van der Waals surface area contributed by atoms with Gasteiger partial charge in [-0.1, -0.05) is 0 Å². The number of amides is 1. The highest BCUT2D eigenvalue weighted by atomic mass is 16.8. The van der Waals surface area contributed by atoms with Gasteiger partial charge in [-0.3, -0.25) is 4.79 Å². The normalized spacial score (nSPS) is 50.1. The van der Waals surface area contributed by atoms with Crippen molar-refractivity contribution in [3.8, 4) is 0 Å². The lowest BCUT2D eigenvalue weighted by Gasteiger charge is -2.48. The number of nitrogens with two attached hydrogens (primary N) is 5. The zero-order valence-electron chi connectivity index (χ0n) is 26.7. The van der Waals surface area contributed by atoms with E-state index in [1.807, 2.05) is 0 Å². The highest BCUT2D eigenvalue weighted by molar-refractivity contribution is 5.86. The van der Waals surface area contributed by atoms with Crippen LogP contribution in [-0.4, -0.2) is 188 Å². The van der Waals surface area contributed by atoms with Crippen molar-refractivity contribution >= 4 is 5.91 Å². The molecular formula is C28H52N6O15. The molecule has 0 aromatic rings. The van der Waals surface area contributed by atoms with Gasteiger partial charge < -0.3 is 103 Å². The molecule has 3 saturated heterocycles. The van der Waals surface area contributed by atoms with Gasteiger partial charge in [-0.15, -0.1) is 0 Å². The molecule has 0 radical (unpaired) electrons. The van der Waals surface area contributed by atoms with Gasteiger partial charge >= 0.3 is 0 Å². The van der Waals surface area contributed by atoms with Gasteiger partial charge in [-0.05, 0) is 25.7 Å². The van der Waals surface area contributed by atoms with E-state index in [0.29, 0.717) is 6.42 Å². The van der Waals surface area contributed by atoms with Gasteiger partial charge in [0.15, 0.2) is 18.9 Å². The van der Waals surface area contributed by atoms with Gasteiger partial charge in [0.2, 0.25) is 0 Å². The lowest BCUT2D eigenvalue weighted by Crippen LogP contribution is -2.69. The summed E-state index contributed by atoms with van der Waals surface area (Å²) in [4.78, 5) is 12.9. The molecule has 3 heterocycles. The Bertz CT molecular complexity index is 1110. The first-order valence-corrected chi connectivity index (χ1v) is 16.5. The Labute approximate surface area is 281 Å². The van der Waals surface area contributed by atoms with Crippen molar-refractivity contribution in [3.05, 3.63) is 0 Å². The van der Waals surface area contributed by atoms with Gasteiger partial charge in [0.1, 0.15) is 78.8 Å². The molecule has 2 aliphatic carbocycles. The van der Waals surface area contributed by atoms with Crippen LogP contribution in [0.4, 0.5) is 0 Å². The smallest absolute Gasteiger partial charge is 0.252 e. The van der Waals surface area contributed by atoms with Crippen molar-refractivity contribution in [1.29, 1.82) is 0 Å². The Kier molecular flexibility index (Phi) is 12.5. The molecule has 5 aliphatic rings. The Morgan fingerprint density at radius 3 is 1.65 bits per heavy atom. The van der Waals surface area contributed by atoms with Crippen molar-refractivity contribution < 1.29 is 74.1 Å². The molecule has 49 heavy (non-hydrogen) atoms. The molecule has 19 atom stereocenters. The minimum absolute atomic E-state index is 0.0898. The summed E-state index contributed by atoms with van der Waals surface area (Å²) in [6.45, 7) is -1.11. The average Bonchev–Trinajstić information content (AvgIpc) is 3.36. The van der Waals surface area contributed by atoms with Gasteiger partial charge in [-0.2, -0.15) is 0 Å². The summed E-state index contributed by atoms with van der Waals surface area (Å²) in [6, 6.07) is -4.71. The zero-order chi connectivity index (χ0) is 35.9. The van der Waals surface area contributed by atoms with Crippen LogP contribution in [-0.2, 0) is 33.2 Å². The monoisotopic (exact) mass is 712 g/mol. The average molecular weight is 713 g/mol. The van der Waals surface area contributed by atoms with Crippen molar-refractivity contribution in [1.82, 2.24) is 5.32 Å². The van der Waals surface area contributed by atoms with Crippen LogP contribution in [0.1, 0.15) is 25.7 Å². The van der Waals surface area contributed by atoms with E-state index < -0.39 is 134 Å². The van der Waals surface area contributed by atoms with Gasteiger partial charge in [-0.25, -0.2) is 0 Å². The topological polar surface area (TPSA) is 376 Å². The molecule has 0 unspecified atom stereocenters. The van der Waals surface area contributed by atoms with Crippen LogP contribution < -0.4 is 34.0 Å². The van der Waals surface area contributed by atoms with E-state index in [9.17, 15) is 45.6 Å². The summed E-state index contributed by atoms with van der Waals surface area (Å²) in [7, 11) is 0. The van der Waals surface area contributed by atoms with Gasteiger partial charge in [0, 0.05) is 19.1 Å². The van der Waals surface area contributed by atoms with Crippen LogP contribution >= 0.6 is 0 Å². The zero-order valence-corrected chi connectivity index (χ0v) is 26.7. The number of hydrogen-bond donors (Lipinski definition) is 14. The van der Waals surface area contributed by atoms with Crippen LogP contribution in [0.3, 0.4) is 0 Å². The van der Waals surface area contributed by atoms with Crippen molar-refractivity contribution in [3.63, 3.8) is 0 Å². The minimum atomic E-state index is -1.70. The number of aliphatic hydroxyl groups is 8. The Morgan fingerprint density at radius 1 is 0.694 bits per heavy atom. The molecule has 1 amide bonds. The molecule has 5 rings (SSSR count). The number of ether oxygens (including phenoxy) is 6. The summed E-state index contributed by atoms with van der Waals surface area (Å²) in [5.74, 6) is -0.716. The lowest BCUT2D eigenvalue weighted by atomic mass is 9.78. The summed E-state index contributed by atoms with van der Waals surface area (Å²) >= 11 is 0. The summed E-state index contributed by atoms with van der Waals surface area (Å²) in [6.07, 6.45) is -20.2. The van der Waals surface area contributed by atoms with Crippen LogP contribution in [0.15, 0.2) is 0 Å². The highest BCUT2D eigenvalue weighted by Crippen LogP contribution is 2.36. The van der Waals surface area contributed by atoms with Crippen LogP contribution in [0, 0.1) is 0 Å². The van der Waals surface area contributed by atoms with Gasteiger partial charge in [0.25, 0.3) is 5.91 Å². The Balaban J connectivity index is 1.36. The maximum absolute atomic E-state index is 12.9. The van der Waals surface area contributed by atoms with Crippen molar-refractivity contribution in [2.24, 2.45) is 28.7 Å². The van der Waals surface area contributed by atoms with E-state index in [-0.39, 0.29) is 32.4 Å². The molecule has 19 N–H and O–H groups in total. The maximum atomic E-state index is 12.9. The summed E-state index contributed by atoms with van der Waals surface area (Å²) in [5.41, 5.74) is 28.4. The van der Waals surface area contributed by atoms with Crippen LogP contribution in [0.2, 0.25) is 0 Å². The number of carbonyl (C=O) groups is 1. The first kappa shape index (κ1) is 38.9. The Hall–Kier alpha value is -1.29. The standard InChI is InChI=1S/C28H52N6O15/c29-5-10-16(37)18(39)13(32)24(44-10)47-21-8(31)4-9(34-27(42)28(43)2-1-3-28)15(36)23(21)49-26-20(41)22(12(7-35)46-26)48-25-14(33)19(40)17(38)11(6-30)45-25/h8-26,35-41,43H,1-7,29-33H2,(H,34,42)/t8-,9+,10+,11-,12+,13+,14+,15-,16+,17+,18-,19+,20+,21+,22+,23+,24+,25+,26-/m0/s1. The van der Waals surface area contributed by atoms with E-state index in [0.717, 1.165) is 0 Å². The first-order valence-electron chi connectivity index (χ1n) is 16.5. The Morgan fingerprint density at radius 2 is 1.18 bits per heavy atom. The molecular weight excluding hydrogens is 660 g/mol. The lowest BCUT2D eigenvalue weighted by molar-refractivity contribution is -0.307. The second kappa shape index (κ2) is 15.8. The SMILES string of the molecule is NC[C@@H]1O[C@H](O[C@H]2[C@@H](O)[C@H](O[C@@H]3[C@@H](O)[C@H](NC(=O)C4(O)CCC4)C[C@H](N)[C@H]3O[C@H]3O[C@H](CN)[C@@H](O)[C@@H](O)[C@H]3N)O[C@@H]2CO)[C@H](N)[C@@H](O)[C@@H]1O. The van der Waals surface area contributed by atoms with E-state index in [4.69, 9.17) is 57.1 Å². The molecule has 21 nitrogen and oxygen atoms in total. The second-order valence-corrected chi connectivity index (χ2v) is 13.5. The molecule has 0 bridgehead atoms. The fraction of sp³-hybridized carbons (Fsp3) is 0.964. The summed E-state index contributed by atoms with van der Waals surface area (Å²) in [5, 5.41) is 87.6. The van der Waals surface area contributed by atoms with Gasteiger partial charge in [0.05, 0.1) is 24.7 Å². The third-order valence-corrected chi connectivity index (χ3v) is 10.2. The third kappa shape index (κ3) is 7.62. The van der Waals surface area contributed by atoms with Crippen LogP contribution in [0.5, 0.6) is 0 Å². The molecule has 5 fully saturated rings. The largest absolute Gasteiger partial charge is 0.394 e. The number of nitrogens with one attached hydrogen (secondary N) is 1. The minimum Gasteiger partial charge on any atom is -0.394 e. The number of rotatable bonds is 11. The predicted octanol–water partition coefficient (Wildman–Crippen LogP) is -8.82. The molecule has 0 aromatic heterocycles. The molecule has 3 aliphatic heterocycles. The van der Waals surface area contributed by atoms with Crippen molar-refractivity contribution in [2.45, 2.75) is 148 Å². The highest BCUT2D eigenvalue weighted by Gasteiger charge is 2.55. The number of aliphatic hydroxyl groups excluding tert-OH is 7. The van der Waals surface area contributed by atoms with Crippen molar-refractivity contribution in [2.75, 3.05) is 19.7 Å². The number of carbonyl (C=O) groups excluding carboxylic acids is 1. The van der Waals surface area contributed by atoms with E-state index >= 15 is 0 Å². The first-order chi connectivity index (χ1) is 23.1. The molecule has 21 heteroatoms. The molecule has 284 valence electrons. The molecule has 0 spiro atoms. The van der Waals surface area contributed by atoms with Crippen LogP contribution in [0.25, 0.3) is 0 Å². The fourth-order valence-corrected chi connectivity index (χ4v) is 6.89. The molecule has 0 aromatic carbocycles. The van der Waals surface area contributed by atoms with E-state index in [1.54, 1.807) is 0 Å². The molecule has 2 saturated carbocycles. The quantitative estimate of drug-likeness (QED) is 0.0945. The maximum Gasteiger partial charge on any atom is 0.252 e. The predicted molar refractivity (Wildman–Crippen MR) is 161 cm³/mol. The van der Waals surface area contributed by atoms with E-state index in [1.165, 1.54) is 0 Å². The fourth-order valence-electron chi connectivity index (χ4n) is 6.89.